The monoisotopic (exact) mass is 448 g/mol. The Kier molecular flexibility index (Phi) is 6.65. The van der Waals surface area contributed by atoms with Crippen LogP contribution in [0, 0.1) is 35.1 Å². The van der Waals surface area contributed by atoms with Crippen molar-refractivity contribution in [3.63, 3.8) is 0 Å². The van der Waals surface area contributed by atoms with Gasteiger partial charge in [0.15, 0.2) is 0 Å². The van der Waals surface area contributed by atoms with E-state index in [0.717, 1.165) is 41.8 Å². The third kappa shape index (κ3) is 5.18. The van der Waals surface area contributed by atoms with Gasteiger partial charge in [0.1, 0.15) is 29.0 Å². The molecule has 0 bridgehead atoms. The summed E-state index contributed by atoms with van der Waals surface area (Å²) in [7, 11) is 0. The first-order valence-corrected chi connectivity index (χ1v) is 10.6. The highest BCUT2D eigenvalue weighted by atomic mass is 19.1. The summed E-state index contributed by atoms with van der Waals surface area (Å²) < 4.78 is 62.5. The van der Waals surface area contributed by atoms with E-state index in [1.54, 1.807) is 24.3 Å². The number of hydrogen-bond acceptors (Lipinski definition) is 1. The van der Waals surface area contributed by atoms with Crippen molar-refractivity contribution in [2.45, 2.75) is 19.8 Å². The van der Waals surface area contributed by atoms with Crippen molar-refractivity contribution < 1.29 is 22.3 Å². The van der Waals surface area contributed by atoms with Gasteiger partial charge in [-0.1, -0.05) is 43.4 Å². The fourth-order valence-electron chi connectivity index (χ4n) is 3.45. The molecule has 0 saturated heterocycles. The molecule has 0 radical (unpaired) electrons. The molecule has 0 amide bonds. The van der Waals surface area contributed by atoms with Crippen LogP contribution in [0.2, 0.25) is 0 Å². The predicted octanol–water partition coefficient (Wildman–Crippen LogP) is 7.64. The summed E-state index contributed by atoms with van der Waals surface area (Å²) in [5.41, 5.74) is 0.477. The molecule has 0 aromatic heterocycles. The summed E-state index contributed by atoms with van der Waals surface area (Å²) in [6.45, 7) is 2.35. The van der Waals surface area contributed by atoms with Crippen molar-refractivity contribution >= 4 is 10.8 Å². The van der Waals surface area contributed by atoms with Crippen LogP contribution >= 0.6 is 0 Å². The summed E-state index contributed by atoms with van der Waals surface area (Å²) in [4.78, 5) is 0. The summed E-state index contributed by atoms with van der Waals surface area (Å²) in [5, 5.41) is 1.55. The minimum Gasteiger partial charge on any atom is -0.493 e. The predicted molar refractivity (Wildman–Crippen MR) is 122 cm³/mol. The van der Waals surface area contributed by atoms with Gasteiger partial charge in [0.25, 0.3) is 0 Å². The topological polar surface area (TPSA) is 9.23 Å². The Hall–Kier alpha value is -3.78. The van der Waals surface area contributed by atoms with Gasteiger partial charge >= 0.3 is 0 Å². The second kappa shape index (κ2) is 9.79. The largest absolute Gasteiger partial charge is 0.493 e. The molecule has 0 saturated carbocycles. The molecule has 0 unspecified atom stereocenters. The minimum atomic E-state index is -0.827. The van der Waals surface area contributed by atoms with E-state index in [-0.39, 0.29) is 28.3 Å². The summed E-state index contributed by atoms with van der Waals surface area (Å²) in [6.07, 6.45) is 1.68. The van der Waals surface area contributed by atoms with Crippen LogP contribution in [0.3, 0.4) is 0 Å². The minimum absolute atomic E-state index is 0.0703. The van der Waals surface area contributed by atoms with Crippen molar-refractivity contribution in [1.29, 1.82) is 0 Å². The average molecular weight is 448 g/mol. The van der Waals surface area contributed by atoms with Crippen molar-refractivity contribution in [2.24, 2.45) is 0 Å². The molecule has 0 N–H and O–H groups in total. The number of fused-ring (bicyclic) bond motifs is 1. The van der Waals surface area contributed by atoms with E-state index in [9.17, 15) is 17.6 Å². The molecular formula is C28H20F4O. The Labute approximate surface area is 189 Å². The molecule has 0 aliphatic carbocycles. The zero-order valence-corrected chi connectivity index (χ0v) is 17.9. The second-order valence-corrected chi connectivity index (χ2v) is 7.61. The van der Waals surface area contributed by atoms with Gasteiger partial charge in [-0.05, 0) is 59.2 Å². The van der Waals surface area contributed by atoms with Crippen LogP contribution in [0.4, 0.5) is 17.6 Å². The molecule has 4 rings (SSSR count). The van der Waals surface area contributed by atoms with Crippen LogP contribution in [-0.2, 0) is 0 Å². The Morgan fingerprint density at radius 1 is 0.727 bits per heavy atom. The highest BCUT2D eigenvalue weighted by molar-refractivity contribution is 5.84. The van der Waals surface area contributed by atoms with E-state index in [1.807, 2.05) is 6.92 Å². The SMILES string of the molecule is CCCCOc1cc(F)c(-c2ccc(C#Cc3ccc4cc(F)ccc4c3)c(F)c2)c(F)c1. The van der Waals surface area contributed by atoms with Crippen molar-refractivity contribution in [1.82, 2.24) is 0 Å². The number of benzene rings is 4. The van der Waals surface area contributed by atoms with Crippen LogP contribution < -0.4 is 4.74 Å². The van der Waals surface area contributed by atoms with E-state index in [2.05, 4.69) is 11.8 Å². The summed E-state index contributed by atoms with van der Waals surface area (Å²) >= 11 is 0. The third-order valence-corrected chi connectivity index (χ3v) is 5.18. The fraction of sp³-hybridized carbons (Fsp3) is 0.143. The maximum absolute atomic E-state index is 14.7. The summed E-state index contributed by atoms with van der Waals surface area (Å²) in [5.74, 6) is 3.05. The quantitative estimate of drug-likeness (QED) is 0.173. The first kappa shape index (κ1) is 22.4. The molecule has 4 aromatic rings. The Morgan fingerprint density at radius 3 is 2.18 bits per heavy atom. The van der Waals surface area contributed by atoms with Gasteiger partial charge in [-0.3, -0.25) is 0 Å². The lowest BCUT2D eigenvalue weighted by Gasteiger charge is -2.10. The number of rotatable bonds is 5. The average Bonchev–Trinajstić information content (AvgIpc) is 2.78. The first-order valence-electron chi connectivity index (χ1n) is 10.6. The normalized spacial score (nSPS) is 10.7. The number of ether oxygens (including phenoxy) is 1. The molecule has 33 heavy (non-hydrogen) atoms. The van der Waals surface area contributed by atoms with E-state index >= 15 is 0 Å². The Bertz CT molecular complexity index is 1360. The Balaban J connectivity index is 1.59. The molecule has 4 aromatic carbocycles. The third-order valence-electron chi connectivity index (χ3n) is 5.18. The molecule has 0 fully saturated rings. The first-order chi connectivity index (χ1) is 15.9. The lowest BCUT2D eigenvalue weighted by Crippen LogP contribution is -1.99. The van der Waals surface area contributed by atoms with E-state index < -0.39 is 17.5 Å². The highest BCUT2D eigenvalue weighted by Crippen LogP contribution is 2.31. The zero-order valence-electron chi connectivity index (χ0n) is 17.9. The second-order valence-electron chi connectivity index (χ2n) is 7.61. The molecule has 1 nitrogen and oxygen atoms in total. The van der Waals surface area contributed by atoms with E-state index in [4.69, 9.17) is 4.74 Å². The van der Waals surface area contributed by atoms with Gasteiger partial charge in [0.05, 0.1) is 17.7 Å². The molecule has 5 heteroatoms. The highest BCUT2D eigenvalue weighted by Gasteiger charge is 2.15. The van der Waals surface area contributed by atoms with Crippen LogP contribution in [0.25, 0.3) is 21.9 Å². The van der Waals surface area contributed by atoms with Crippen LogP contribution in [0.5, 0.6) is 5.75 Å². The summed E-state index contributed by atoms with van der Waals surface area (Å²) in [6, 6.07) is 15.8. The molecule has 0 aliphatic heterocycles. The maximum atomic E-state index is 14.7. The van der Waals surface area contributed by atoms with Crippen LogP contribution in [0.15, 0.2) is 66.7 Å². The number of halogens is 4. The van der Waals surface area contributed by atoms with Crippen LogP contribution in [0.1, 0.15) is 30.9 Å². The number of hydrogen-bond donors (Lipinski definition) is 0. The Morgan fingerprint density at radius 2 is 1.45 bits per heavy atom. The van der Waals surface area contributed by atoms with E-state index in [0.29, 0.717) is 12.2 Å². The lowest BCUT2D eigenvalue weighted by molar-refractivity contribution is 0.306. The van der Waals surface area contributed by atoms with Gasteiger partial charge in [-0.15, -0.1) is 0 Å². The van der Waals surface area contributed by atoms with Crippen molar-refractivity contribution in [2.75, 3.05) is 6.61 Å². The van der Waals surface area contributed by atoms with Gasteiger partial charge in [0, 0.05) is 17.7 Å². The van der Waals surface area contributed by atoms with Gasteiger partial charge in [-0.2, -0.15) is 0 Å². The smallest absolute Gasteiger partial charge is 0.139 e. The molecule has 166 valence electrons. The molecular weight excluding hydrogens is 428 g/mol. The number of unbranched alkanes of at least 4 members (excludes halogenated alkanes) is 1. The van der Waals surface area contributed by atoms with Crippen molar-refractivity contribution in [3.8, 4) is 28.7 Å². The van der Waals surface area contributed by atoms with Gasteiger partial charge < -0.3 is 4.74 Å². The van der Waals surface area contributed by atoms with E-state index in [1.165, 1.54) is 24.3 Å². The molecule has 0 aliphatic rings. The van der Waals surface area contributed by atoms with Gasteiger partial charge in [0.2, 0.25) is 0 Å². The zero-order chi connectivity index (χ0) is 23.4. The molecule has 0 heterocycles. The van der Waals surface area contributed by atoms with Gasteiger partial charge in [-0.25, -0.2) is 17.6 Å². The molecule has 0 spiro atoms. The molecule has 0 atom stereocenters. The van der Waals surface area contributed by atoms with Crippen LogP contribution in [-0.4, -0.2) is 6.61 Å². The fourth-order valence-corrected chi connectivity index (χ4v) is 3.45. The maximum Gasteiger partial charge on any atom is 0.139 e. The lowest BCUT2D eigenvalue weighted by atomic mass is 10.0. The standard InChI is InChI=1S/C28H20F4O/c1-2-3-12-33-24-16-26(31)28(27(32)17-24)22-9-8-19(25(30)15-22)6-4-18-5-7-21-14-23(29)11-10-20(21)13-18/h5,7-11,13-17H,2-3,12H2,1H3. The van der Waals surface area contributed by atoms with Crippen molar-refractivity contribution in [3.05, 3.63) is 101 Å².